The van der Waals surface area contributed by atoms with E-state index in [1.165, 1.54) is 61.2 Å². The molecule has 0 spiro atoms. The third-order valence-electron chi connectivity index (χ3n) is 9.46. The molecule has 0 radical (unpaired) electrons. The molecule has 1 N–H and O–H groups in total. The van der Waals surface area contributed by atoms with Gasteiger partial charge in [0.25, 0.3) is 0 Å². The normalized spacial score (nSPS) is 11.9. The smallest absolute Gasteiger partial charge is 0.136 e. The minimum atomic E-state index is 0.881. The van der Waals surface area contributed by atoms with Crippen LogP contribution < -0.4 is 5.32 Å². The number of aryl methyl sites for hydroxylation is 1. The molecule has 0 bridgehead atoms. The molecular formula is C44H31NO. The second kappa shape index (κ2) is 10.6. The molecular weight excluding hydrogens is 558 g/mol. The number of nitrogens with one attached hydrogen (secondary N) is 1. The Balaban J connectivity index is 1.34. The molecule has 1 aliphatic carbocycles. The van der Waals surface area contributed by atoms with Gasteiger partial charge in [-0.05, 0) is 81.3 Å². The summed E-state index contributed by atoms with van der Waals surface area (Å²) < 4.78 is 6.33. The highest BCUT2D eigenvalue weighted by Crippen LogP contribution is 2.51. The molecule has 1 heterocycles. The lowest BCUT2D eigenvalue weighted by Gasteiger charge is -2.24. The van der Waals surface area contributed by atoms with E-state index in [0.717, 1.165) is 39.7 Å². The summed E-state index contributed by atoms with van der Waals surface area (Å²) in [4.78, 5) is 0. The number of para-hydroxylation sites is 1. The highest BCUT2D eigenvalue weighted by molar-refractivity contribution is 6.14. The number of rotatable bonds is 5. The fourth-order valence-electron chi connectivity index (χ4n) is 7.41. The molecule has 0 aliphatic heterocycles. The van der Waals surface area contributed by atoms with Crippen LogP contribution in [0.3, 0.4) is 0 Å². The van der Waals surface area contributed by atoms with Crippen LogP contribution in [0.1, 0.15) is 16.7 Å². The standard InChI is InChI=1S/C44H31NO/c1-28-14-12-23-38(41(28)34-22-13-25-40-43(34)33-21-10-11-24-39(33)46-40)45-44-37-26-31-19-8-9-20-32(31)36(37)27-35(29-15-4-2-5-16-29)42(44)30-17-6-3-7-18-30/h2-25,27,45H,26H2,1H3. The van der Waals surface area contributed by atoms with Crippen LogP contribution in [0.2, 0.25) is 0 Å². The van der Waals surface area contributed by atoms with Crippen molar-refractivity contribution in [3.8, 4) is 44.5 Å². The Bertz CT molecular complexity index is 2420. The van der Waals surface area contributed by atoms with Crippen LogP contribution >= 0.6 is 0 Å². The van der Waals surface area contributed by atoms with E-state index in [9.17, 15) is 0 Å². The van der Waals surface area contributed by atoms with Crippen LogP contribution in [-0.4, -0.2) is 0 Å². The third kappa shape index (κ3) is 4.18. The molecule has 0 fully saturated rings. The zero-order chi connectivity index (χ0) is 30.6. The first kappa shape index (κ1) is 26.5. The topological polar surface area (TPSA) is 25.2 Å². The van der Waals surface area contributed by atoms with E-state index in [-0.39, 0.29) is 0 Å². The predicted molar refractivity (Wildman–Crippen MR) is 193 cm³/mol. The van der Waals surface area contributed by atoms with Gasteiger partial charge in [-0.1, -0.05) is 127 Å². The molecule has 0 atom stereocenters. The Labute approximate surface area is 268 Å². The number of benzene rings is 7. The van der Waals surface area contributed by atoms with Crippen LogP contribution in [0.4, 0.5) is 11.4 Å². The Morgan fingerprint density at radius 2 is 1.20 bits per heavy atom. The summed E-state index contributed by atoms with van der Waals surface area (Å²) >= 11 is 0. The van der Waals surface area contributed by atoms with Crippen LogP contribution in [-0.2, 0) is 6.42 Å². The van der Waals surface area contributed by atoms with Crippen molar-refractivity contribution in [3.63, 3.8) is 0 Å². The minimum Gasteiger partial charge on any atom is -0.456 e. The van der Waals surface area contributed by atoms with Gasteiger partial charge >= 0.3 is 0 Å². The number of anilines is 2. The number of furan rings is 1. The largest absolute Gasteiger partial charge is 0.456 e. The average molecular weight is 590 g/mol. The Hall–Kier alpha value is -5.86. The first-order valence-electron chi connectivity index (χ1n) is 15.9. The highest BCUT2D eigenvalue weighted by atomic mass is 16.3. The van der Waals surface area contributed by atoms with Gasteiger partial charge in [-0.2, -0.15) is 0 Å². The summed E-state index contributed by atoms with van der Waals surface area (Å²) in [5.41, 5.74) is 17.8. The van der Waals surface area contributed by atoms with E-state index in [4.69, 9.17) is 4.42 Å². The lowest BCUT2D eigenvalue weighted by Crippen LogP contribution is -2.03. The quantitative estimate of drug-likeness (QED) is 0.216. The van der Waals surface area contributed by atoms with Crippen molar-refractivity contribution >= 4 is 33.3 Å². The first-order valence-corrected chi connectivity index (χ1v) is 15.9. The van der Waals surface area contributed by atoms with Gasteiger partial charge in [-0.15, -0.1) is 0 Å². The first-order chi connectivity index (χ1) is 22.7. The summed E-state index contributed by atoms with van der Waals surface area (Å²) in [7, 11) is 0. The van der Waals surface area contributed by atoms with Crippen molar-refractivity contribution in [3.05, 3.63) is 168 Å². The van der Waals surface area contributed by atoms with Crippen molar-refractivity contribution in [1.29, 1.82) is 0 Å². The molecule has 0 unspecified atom stereocenters. The third-order valence-corrected chi connectivity index (χ3v) is 9.46. The molecule has 2 nitrogen and oxygen atoms in total. The Kier molecular flexibility index (Phi) is 6.14. The van der Waals surface area contributed by atoms with Crippen molar-refractivity contribution in [1.82, 2.24) is 0 Å². The molecule has 8 aromatic rings. The zero-order valence-electron chi connectivity index (χ0n) is 25.5. The molecule has 7 aromatic carbocycles. The Morgan fingerprint density at radius 1 is 0.522 bits per heavy atom. The van der Waals surface area contributed by atoms with Crippen LogP contribution in [0, 0.1) is 6.92 Å². The molecule has 9 rings (SSSR count). The summed E-state index contributed by atoms with van der Waals surface area (Å²) in [6, 6.07) is 54.3. The highest BCUT2D eigenvalue weighted by Gasteiger charge is 2.28. The lowest BCUT2D eigenvalue weighted by atomic mass is 9.87. The predicted octanol–water partition coefficient (Wildman–Crippen LogP) is 12.2. The summed E-state index contributed by atoms with van der Waals surface area (Å²) in [5.74, 6) is 0. The van der Waals surface area contributed by atoms with Gasteiger partial charge in [0, 0.05) is 34.0 Å². The molecule has 1 aromatic heterocycles. The fraction of sp³-hybridized carbons (Fsp3) is 0.0455. The molecule has 1 aliphatic rings. The maximum atomic E-state index is 6.33. The molecule has 0 saturated carbocycles. The van der Waals surface area contributed by atoms with Gasteiger partial charge < -0.3 is 9.73 Å². The van der Waals surface area contributed by atoms with Gasteiger partial charge in [0.15, 0.2) is 0 Å². The van der Waals surface area contributed by atoms with E-state index >= 15 is 0 Å². The second-order valence-electron chi connectivity index (χ2n) is 12.2. The summed E-state index contributed by atoms with van der Waals surface area (Å²) in [5, 5.41) is 6.38. The van der Waals surface area contributed by atoms with Crippen LogP contribution in [0.5, 0.6) is 0 Å². The van der Waals surface area contributed by atoms with E-state index in [1.54, 1.807) is 0 Å². The summed E-state index contributed by atoms with van der Waals surface area (Å²) in [6.45, 7) is 2.21. The molecule has 218 valence electrons. The monoisotopic (exact) mass is 589 g/mol. The molecule has 46 heavy (non-hydrogen) atoms. The van der Waals surface area contributed by atoms with E-state index in [1.807, 2.05) is 6.07 Å². The second-order valence-corrected chi connectivity index (χ2v) is 12.2. The van der Waals surface area contributed by atoms with Gasteiger partial charge in [-0.25, -0.2) is 0 Å². The molecule has 2 heteroatoms. The maximum Gasteiger partial charge on any atom is 0.136 e. The van der Waals surface area contributed by atoms with Gasteiger partial charge in [0.1, 0.15) is 11.2 Å². The fourth-order valence-corrected chi connectivity index (χ4v) is 7.41. The summed E-state index contributed by atoms with van der Waals surface area (Å²) in [6.07, 6.45) is 0.881. The van der Waals surface area contributed by atoms with E-state index in [2.05, 4.69) is 158 Å². The van der Waals surface area contributed by atoms with Gasteiger partial charge in [0.2, 0.25) is 0 Å². The SMILES string of the molecule is Cc1cccc(Nc2c3c(cc(-c4ccccc4)c2-c2ccccc2)-c2ccccc2C3)c1-c1cccc2oc3ccccc3c12. The maximum absolute atomic E-state index is 6.33. The molecule has 0 amide bonds. The number of fused-ring (bicyclic) bond motifs is 6. The van der Waals surface area contributed by atoms with Gasteiger partial charge in [0.05, 0.1) is 5.69 Å². The molecule has 0 saturated heterocycles. The average Bonchev–Trinajstić information content (AvgIpc) is 3.68. The number of hydrogen-bond donors (Lipinski definition) is 1. The van der Waals surface area contributed by atoms with E-state index in [0.29, 0.717) is 0 Å². The van der Waals surface area contributed by atoms with E-state index < -0.39 is 0 Å². The number of hydrogen-bond acceptors (Lipinski definition) is 2. The van der Waals surface area contributed by atoms with Crippen molar-refractivity contribution in [2.75, 3.05) is 5.32 Å². The zero-order valence-corrected chi connectivity index (χ0v) is 25.5. The van der Waals surface area contributed by atoms with Gasteiger partial charge in [-0.3, -0.25) is 0 Å². The lowest BCUT2D eigenvalue weighted by molar-refractivity contribution is 0.669. The van der Waals surface area contributed by atoms with Crippen molar-refractivity contribution in [2.45, 2.75) is 13.3 Å². The van der Waals surface area contributed by atoms with Crippen molar-refractivity contribution < 1.29 is 4.42 Å². The Morgan fingerprint density at radius 3 is 2.04 bits per heavy atom. The van der Waals surface area contributed by atoms with Crippen molar-refractivity contribution in [2.24, 2.45) is 0 Å². The van der Waals surface area contributed by atoms with Crippen LogP contribution in [0.25, 0.3) is 66.4 Å². The minimum absolute atomic E-state index is 0.881. The van der Waals surface area contributed by atoms with Crippen LogP contribution in [0.15, 0.2) is 156 Å².